The van der Waals surface area contributed by atoms with Gasteiger partial charge in [0.1, 0.15) is 17.2 Å². The van der Waals surface area contributed by atoms with E-state index in [-0.39, 0.29) is 22.3 Å². The van der Waals surface area contributed by atoms with E-state index in [1.54, 1.807) is 5.32 Å². The molecule has 0 bridgehead atoms. The number of benzene rings is 2. The number of hydrogen-bond acceptors (Lipinski definition) is 3. The zero-order chi connectivity index (χ0) is 20.2. The molecule has 0 fully saturated rings. The fourth-order valence-corrected chi connectivity index (χ4v) is 2.66. The van der Waals surface area contributed by atoms with Crippen molar-refractivity contribution in [3.8, 4) is 0 Å². The minimum Gasteiger partial charge on any atom is -0.308 e. The lowest BCUT2D eigenvalue weighted by Crippen LogP contribution is -2.35. The van der Waals surface area contributed by atoms with Crippen LogP contribution >= 0.6 is 23.4 Å². The van der Waals surface area contributed by atoms with Gasteiger partial charge in [-0.3, -0.25) is 10.1 Å². The van der Waals surface area contributed by atoms with Crippen LogP contribution in [0.5, 0.6) is 0 Å². The number of carbonyl (C=O) groups is 2. The minimum absolute atomic E-state index is 0.0289. The summed E-state index contributed by atoms with van der Waals surface area (Å²) in [6.45, 7) is 0. The Bertz CT molecular complexity index is 829. The molecule has 144 valence electrons. The molecule has 0 aliphatic heterocycles. The second-order valence-electron chi connectivity index (χ2n) is 4.99. The van der Waals surface area contributed by atoms with Crippen molar-refractivity contribution in [2.45, 2.75) is 15.8 Å². The first kappa shape index (κ1) is 21.0. The number of nitrogens with one attached hydrogen (secondary N) is 2. The van der Waals surface area contributed by atoms with Gasteiger partial charge >= 0.3 is 11.3 Å². The first-order chi connectivity index (χ1) is 12.6. The zero-order valence-corrected chi connectivity index (χ0v) is 14.7. The number of halogens is 6. The third-order valence-electron chi connectivity index (χ3n) is 3.04. The van der Waals surface area contributed by atoms with E-state index in [9.17, 15) is 31.5 Å². The number of carbonyl (C=O) groups excluding carboxylic acids is 2. The largest absolute Gasteiger partial charge is 0.342 e. The summed E-state index contributed by atoms with van der Waals surface area (Å²) in [5, 5.41) is 0.0714. The third kappa shape index (κ3) is 5.57. The lowest BCUT2D eigenvalue weighted by Gasteiger charge is -2.15. The lowest BCUT2D eigenvalue weighted by atomic mass is 10.2. The highest BCUT2D eigenvalue weighted by atomic mass is 35.5. The van der Waals surface area contributed by atoms with Gasteiger partial charge in [-0.1, -0.05) is 17.7 Å². The van der Waals surface area contributed by atoms with Gasteiger partial charge < -0.3 is 5.32 Å². The van der Waals surface area contributed by atoms with Crippen LogP contribution in [-0.4, -0.2) is 22.8 Å². The van der Waals surface area contributed by atoms with Gasteiger partial charge in [-0.15, -0.1) is 0 Å². The standard InChI is InChI=1S/C16H10ClF5N2O2S/c17-14(20)16(21,22)27-9-6-4-8(5-7-9)23-15(26)24-13(25)12-10(18)2-1-3-11(12)19/h1-7,14H,(H2,23,24,25,26). The molecule has 0 aliphatic rings. The number of thioether (sulfide) groups is 1. The second kappa shape index (κ2) is 8.57. The van der Waals surface area contributed by atoms with Gasteiger partial charge in [0.2, 0.25) is 5.63 Å². The molecule has 2 rings (SSSR count). The average Bonchev–Trinajstić information content (AvgIpc) is 2.56. The molecule has 2 aromatic rings. The number of rotatable bonds is 5. The van der Waals surface area contributed by atoms with Crippen molar-refractivity contribution < 1.29 is 31.5 Å². The molecule has 0 spiro atoms. The Morgan fingerprint density at radius 2 is 1.59 bits per heavy atom. The summed E-state index contributed by atoms with van der Waals surface area (Å²) in [6.07, 6.45) is 0. The predicted octanol–water partition coefficient (Wildman–Crippen LogP) is 5.15. The number of urea groups is 1. The zero-order valence-electron chi connectivity index (χ0n) is 13.1. The Balaban J connectivity index is 1.99. The van der Waals surface area contributed by atoms with Crippen molar-refractivity contribution in [1.82, 2.24) is 5.32 Å². The van der Waals surface area contributed by atoms with Gasteiger partial charge in [-0.25, -0.2) is 18.0 Å². The monoisotopic (exact) mass is 424 g/mol. The molecule has 1 atom stereocenters. The Morgan fingerprint density at radius 1 is 1.04 bits per heavy atom. The maximum absolute atomic E-state index is 13.5. The van der Waals surface area contributed by atoms with E-state index in [4.69, 9.17) is 11.6 Å². The fraction of sp³-hybridized carbons (Fsp3) is 0.125. The Hall–Kier alpha value is -2.33. The smallest absolute Gasteiger partial charge is 0.308 e. The molecule has 0 aromatic heterocycles. The number of amides is 3. The van der Waals surface area contributed by atoms with E-state index < -0.39 is 40.0 Å². The van der Waals surface area contributed by atoms with Crippen LogP contribution in [0.2, 0.25) is 0 Å². The molecule has 3 amide bonds. The first-order valence-electron chi connectivity index (χ1n) is 7.11. The lowest BCUT2D eigenvalue weighted by molar-refractivity contribution is 0.0537. The van der Waals surface area contributed by atoms with E-state index in [2.05, 4.69) is 5.32 Å². The van der Waals surface area contributed by atoms with Gasteiger partial charge in [-0.2, -0.15) is 8.78 Å². The van der Waals surface area contributed by atoms with Gasteiger partial charge in [0.05, 0.1) is 0 Å². The molecule has 0 saturated heterocycles. The van der Waals surface area contributed by atoms with E-state index >= 15 is 0 Å². The molecule has 2 N–H and O–H groups in total. The molecule has 0 heterocycles. The van der Waals surface area contributed by atoms with Crippen LogP contribution in [0, 0.1) is 11.6 Å². The first-order valence-corrected chi connectivity index (χ1v) is 8.37. The predicted molar refractivity (Wildman–Crippen MR) is 90.8 cm³/mol. The van der Waals surface area contributed by atoms with Crippen LogP contribution in [0.1, 0.15) is 10.4 Å². The Morgan fingerprint density at radius 3 is 2.11 bits per heavy atom. The van der Waals surface area contributed by atoms with Gasteiger partial charge in [0, 0.05) is 10.6 Å². The van der Waals surface area contributed by atoms with Crippen molar-refractivity contribution in [1.29, 1.82) is 0 Å². The highest BCUT2D eigenvalue weighted by molar-refractivity contribution is 8.00. The molecule has 4 nitrogen and oxygen atoms in total. The summed E-state index contributed by atoms with van der Waals surface area (Å²) in [5.74, 6) is -3.59. The topological polar surface area (TPSA) is 58.2 Å². The van der Waals surface area contributed by atoms with Crippen LogP contribution in [0.15, 0.2) is 47.4 Å². The minimum atomic E-state index is -3.84. The quantitative estimate of drug-likeness (QED) is 0.396. The molecular weight excluding hydrogens is 415 g/mol. The third-order valence-corrected chi connectivity index (χ3v) is 4.43. The van der Waals surface area contributed by atoms with E-state index in [0.29, 0.717) is 0 Å². The molecular formula is C16H10ClF5N2O2S. The van der Waals surface area contributed by atoms with Crippen LogP contribution in [0.3, 0.4) is 0 Å². The summed E-state index contributed by atoms with van der Waals surface area (Å²) in [4.78, 5) is 23.5. The molecule has 11 heteroatoms. The van der Waals surface area contributed by atoms with E-state index in [0.717, 1.165) is 30.3 Å². The molecule has 2 aromatic carbocycles. The average molecular weight is 425 g/mol. The van der Waals surface area contributed by atoms with Crippen molar-refractivity contribution in [2.24, 2.45) is 0 Å². The second-order valence-corrected chi connectivity index (χ2v) is 6.60. The van der Waals surface area contributed by atoms with E-state index in [1.807, 2.05) is 0 Å². The highest BCUT2D eigenvalue weighted by Gasteiger charge is 2.40. The summed E-state index contributed by atoms with van der Waals surface area (Å²) >= 11 is 4.64. The summed E-state index contributed by atoms with van der Waals surface area (Å²) in [7, 11) is 0. The number of imide groups is 1. The normalized spacial score (nSPS) is 12.4. The number of alkyl halides is 4. The highest BCUT2D eigenvalue weighted by Crippen LogP contribution is 2.41. The van der Waals surface area contributed by atoms with Gasteiger partial charge in [0.15, 0.2) is 0 Å². The molecule has 27 heavy (non-hydrogen) atoms. The van der Waals surface area contributed by atoms with Crippen LogP contribution in [0.25, 0.3) is 0 Å². The van der Waals surface area contributed by atoms with Crippen LogP contribution in [0.4, 0.5) is 32.4 Å². The number of anilines is 1. The molecule has 1 unspecified atom stereocenters. The fourth-order valence-electron chi connectivity index (χ4n) is 1.85. The van der Waals surface area contributed by atoms with Crippen molar-refractivity contribution >= 4 is 41.0 Å². The van der Waals surface area contributed by atoms with Crippen LogP contribution in [-0.2, 0) is 0 Å². The van der Waals surface area contributed by atoms with Crippen molar-refractivity contribution in [3.05, 3.63) is 59.7 Å². The van der Waals surface area contributed by atoms with Gasteiger partial charge in [-0.05, 0) is 48.2 Å². The van der Waals surface area contributed by atoms with E-state index in [1.165, 1.54) is 12.1 Å². The van der Waals surface area contributed by atoms with Crippen molar-refractivity contribution in [2.75, 3.05) is 5.32 Å². The molecule has 0 radical (unpaired) electrons. The van der Waals surface area contributed by atoms with Crippen molar-refractivity contribution in [3.63, 3.8) is 0 Å². The summed E-state index contributed by atoms with van der Waals surface area (Å²) < 4.78 is 65.9. The Kier molecular flexibility index (Phi) is 6.66. The maximum Gasteiger partial charge on any atom is 0.342 e. The summed E-state index contributed by atoms with van der Waals surface area (Å²) in [5.41, 5.74) is -3.72. The molecule has 0 aliphatic carbocycles. The van der Waals surface area contributed by atoms with Crippen LogP contribution < -0.4 is 10.6 Å². The van der Waals surface area contributed by atoms with Gasteiger partial charge in [0.25, 0.3) is 5.91 Å². The summed E-state index contributed by atoms with van der Waals surface area (Å²) in [6, 6.07) is 6.38. The SMILES string of the molecule is O=C(NC(=O)c1c(F)cccc1F)Nc1ccc(SC(F)(F)C(F)Cl)cc1. The molecule has 0 saturated carbocycles. The maximum atomic E-state index is 13.5. The Labute approximate surface area is 159 Å². The number of hydrogen-bond donors (Lipinski definition) is 2.